The van der Waals surface area contributed by atoms with Crippen molar-refractivity contribution in [2.45, 2.75) is 32.0 Å². The first-order valence-electron chi connectivity index (χ1n) is 12.4. The van der Waals surface area contributed by atoms with Gasteiger partial charge in [-0.15, -0.1) is 11.3 Å². The smallest absolute Gasteiger partial charge is 0.275 e. The molecule has 0 spiro atoms. The summed E-state index contributed by atoms with van der Waals surface area (Å²) >= 11 is 1.44. The van der Waals surface area contributed by atoms with Crippen LogP contribution in [-0.4, -0.2) is 93.9 Å². The molecule has 2 aliphatic rings. The van der Waals surface area contributed by atoms with Gasteiger partial charge in [-0.3, -0.25) is 14.5 Å². The van der Waals surface area contributed by atoms with Crippen molar-refractivity contribution in [2.75, 3.05) is 70.3 Å². The summed E-state index contributed by atoms with van der Waals surface area (Å²) in [6.07, 6.45) is 1.13. The van der Waals surface area contributed by atoms with E-state index in [9.17, 15) is 9.59 Å². The molecular formula is C25H36N6O4S. The number of nitrogens with zero attached hydrogens (tertiary/aromatic N) is 3. The minimum atomic E-state index is -0.339. The third-order valence-electron chi connectivity index (χ3n) is 6.67. The molecule has 1 aromatic carbocycles. The average molecular weight is 517 g/mol. The van der Waals surface area contributed by atoms with Gasteiger partial charge in [0, 0.05) is 71.5 Å². The van der Waals surface area contributed by atoms with Crippen LogP contribution in [0.5, 0.6) is 0 Å². The SMILES string of the molecule is COCCNC(=O)c1cc(CN2CCNC[C@@H]2C)ccc1NC(=O)c1csc(N2CC[C@H](OC)C2)n1. The largest absolute Gasteiger partial charge is 0.383 e. The van der Waals surface area contributed by atoms with Crippen molar-refractivity contribution in [3.8, 4) is 0 Å². The summed E-state index contributed by atoms with van der Waals surface area (Å²) in [6.45, 7) is 8.18. The van der Waals surface area contributed by atoms with E-state index in [2.05, 4.69) is 37.7 Å². The molecule has 2 aliphatic heterocycles. The van der Waals surface area contributed by atoms with Gasteiger partial charge in [-0.2, -0.15) is 0 Å². The molecule has 1 aromatic heterocycles. The normalized spacial score (nSPS) is 20.5. The zero-order valence-electron chi connectivity index (χ0n) is 21.2. The Balaban J connectivity index is 1.49. The van der Waals surface area contributed by atoms with Crippen molar-refractivity contribution in [3.63, 3.8) is 0 Å². The summed E-state index contributed by atoms with van der Waals surface area (Å²) in [5.74, 6) is -0.589. The van der Waals surface area contributed by atoms with Crippen LogP contribution < -0.4 is 20.9 Å². The predicted molar refractivity (Wildman–Crippen MR) is 141 cm³/mol. The molecule has 0 aliphatic carbocycles. The van der Waals surface area contributed by atoms with Crippen LogP contribution in [-0.2, 0) is 16.0 Å². The Kier molecular flexibility index (Phi) is 9.27. The number of rotatable bonds is 10. The first kappa shape index (κ1) is 26.5. The fourth-order valence-electron chi connectivity index (χ4n) is 4.50. The standard InChI is InChI=1S/C25H36N6O4S/c1-17-13-26-7-10-30(17)14-18-4-5-21(20(12-18)23(32)27-8-11-34-2)28-24(33)22-16-36-25(29-22)31-9-6-19(15-31)35-3/h4-5,12,16-17,19,26H,6-11,13-15H2,1-3H3,(H,27,32)(H,28,33)/t17-,19-/m0/s1. The van der Waals surface area contributed by atoms with Gasteiger partial charge in [0.25, 0.3) is 11.8 Å². The van der Waals surface area contributed by atoms with Crippen molar-refractivity contribution in [2.24, 2.45) is 0 Å². The maximum atomic E-state index is 13.1. The molecule has 11 heteroatoms. The zero-order valence-corrected chi connectivity index (χ0v) is 22.0. The number of benzene rings is 1. The lowest BCUT2D eigenvalue weighted by atomic mass is 10.1. The highest BCUT2D eigenvalue weighted by atomic mass is 32.1. The number of thiazole rings is 1. The monoisotopic (exact) mass is 516 g/mol. The van der Waals surface area contributed by atoms with Gasteiger partial charge < -0.3 is 30.3 Å². The molecule has 3 N–H and O–H groups in total. The first-order valence-corrected chi connectivity index (χ1v) is 13.3. The second-order valence-corrected chi connectivity index (χ2v) is 10.1. The number of methoxy groups -OCH3 is 2. The van der Waals surface area contributed by atoms with E-state index in [-0.39, 0.29) is 17.9 Å². The minimum absolute atomic E-state index is 0.188. The van der Waals surface area contributed by atoms with Crippen LogP contribution in [0.3, 0.4) is 0 Å². The Morgan fingerprint density at radius 3 is 2.86 bits per heavy atom. The third kappa shape index (κ3) is 6.60. The molecule has 0 bridgehead atoms. The van der Waals surface area contributed by atoms with E-state index >= 15 is 0 Å². The number of ether oxygens (including phenoxy) is 2. The Morgan fingerprint density at radius 2 is 2.11 bits per heavy atom. The number of amides is 2. The highest BCUT2D eigenvalue weighted by molar-refractivity contribution is 7.14. The summed E-state index contributed by atoms with van der Waals surface area (Å²) < 4.78 is 10.5. The number of hydrogen-bond acceptors (Lipinski definition) is 9. The summed E-state index contributed by atoms with van der Waals surface area (Å²) in [5, 5.41) is 11.7. The Labute approximate surface area is 216 Å². The molecule has 0 saturated carbocycles. The lowest BCUT2D eigenvalue weighted by molar-refractivity contribution is 0.0937. The van der Waals surface area contributed by atoms with Crippen molar-refractivity contribution in [3.05, 3.63) is 40.4 Å². The number of anilines is 2. The molecule has 196 valence electrons. The van der Waals surface area contributed by atoms with Crippen molar-refractivity contribution in [1.29, 1.82) is 0 Å². The number of nitrogens with one attached hydrogen (secondary N) is 3. The number of carbonyl (C=O) groups excluding carboxylic acids is 2. The van der Waals surface area contributed by atoms with E-state index in [1.165, 1.54) is 11.3 Å². The maximum Gasteiger partial charge on any atom is 0.275 e. The molecule has 36 heavy (non-hydrogen) atoms. The van der Waals surface area contributed by atoms with Crippen LogP contribution in [0, 0.1) is 0 Å². The van der Waals surface area contributed by atoms with Crippen LogP contribution in [0.1, 0.15) is 39.8 Å². The number of carbonyl (C=O) groups is 2. The molecule has 10 nitrogen and oxygen atoms in total. The predicted octanol–water partition coefficient (Wildman–Crippen LogP) is 1.79. The number of aromatic nitrogens is 1. The average Bonchev–Trinajstić information content (AvgIpc) is 3.56. The van der Waals surface area contributed by atoms with Gasteiger partial charge >= 0.3 is 0 Å². The lowest BCUT2D eigenvalue weighted by Gasteiger charge is -2.34. The number of hydrogen-bond donors (Lipinski definition) is 3. The van der Waals surface area contributed by atoms with Crippen LogP contribution in [0.2, 0.25) is 0 Å². The highest BCUT2D eigenvalue weighted by Gasteiger charge is 2.26. The van der Waals surface area contributed by atoms with E-state index in [1.54, 1.807) is 19.6 Å². The first-order chi connectivity index (χ1) is 17.5. The summed E-state index contributed by atoms with van der Waals surface area (Å²) in [4.78, 5) is 35.2. The topological polar surface area (TPSA) is 108 Å². The van der Waals surface area contributed by atoms with E-state index in [0.29, 0.717) is 36.1 Å². The molecule has 4 rings (SSSR count). The summed E-state index contributed by atoms with van der Waals surface area (Å²) in [6, 6.07) is 6.06. The molecule has 2 atom stereocenters. The van der Waals surface area contributed by atoms with Gasteiger partial charge in [0.05, 0.1) is 24.0 Å². The van der Waals surface area contributed by atoms with Gasteiger partial charge in [0.1, 0.15) is 5.69 Å². The van der Waals surface area contributed by atoms with Crippen molar-refractivity contribution >= 4 is 34.0 Å². The molecule has 0 radical (unpaired) electrons. The maximum absolute atomic E-state index is 13.1. The van der Waals surface area contributed by atoms with E-state index in [0.717, 1.165) is 56.4 Å². The van der Waals surface area contributed by atoms with Crippen LogP contribution >= 0.6 is 11.3 Å². The van der Waals surface area contributed by atoms with E-state index < -0.39 is 0 Å². The molecule has 2 aromatic rings. The lowest BCUT2D eigenvalue weighted by Crippen LogP contribution is -2.49. The van der Waals surface area contributed by atoms with Crippen LogP contribution in [0.15, 0.2) is 23.6 Å². The van der Waals surface area contributed by atoms with Gasteiger partial charge in [-0.25, -0.2) is 4.98 Å². The van der Waals surface area contributed by atoms with E-state index in [4.69, 9.17) is 9.47 Å². The molecular weight excluding hydrogens is 480 g/mol. The quantitative estimate of drug-likeness (QED) is 0.411. The van der Waals surface area contributed by atoms with Crippen molar-refractivity contribution in [1.82, 2.24) is 20.5 Å². The molecule has 0 unspecified atom stereocenters. The zero-order chi connectivity index (χ0) is 25.5. The fourth-order valence-corrected chi connectivity index (χ4v) is 5.34. The Hall–Kier alpha value is -2.57. The summed E-state index contributed by atoms with van der Waals surface area (Å²) in [5.41, 5.74) is 2.25. The third-order valence-corrected chi connectivity index (χ3v) is 7.57. The van der Waals surface area contributed by atoms with Crippen molar-refractivity contribution < 1.29 is 19.1 Å². The molecule has 2 amide bonds. The Bertz CT molecular complexity index is 1050. The number of piperazine rings is 1. The van der Waals surface area contributed by atoms with Crippen LogP contribution in [0.25, 0.3) is 0 Å². The van der Waals surface area contributed by atoms with E-state index in [1.807, 2.05) is 18.2 Å². The molecule has 2 saturated heterocycles. The highest BCUT2D eigenvalue weighted by Crippen LogP contribution is 2.26. The van der Waals surface area contributed by atoms with Gasteiger partial charge in [0.15, 0.2) is 5.13 Å². The van der Waals surface area contributed by atoms with Gasteiger partial charge in [-0.05, 0) is 31.0 Å². The second kappa shape index (κ2) is 12.6. The van der Waals surface area contributed by atoms with Gasteiger partial charge in [-0.1, -0.05) is 6.07 Å². The van der Waals surface area contributed by atoms with Crippen LogP contribution in [0.4, 0.5) is 10.8 Å². The molecule has 3 heterocycles. The second-order valence-electron chi connectivity index (χ2n) is 9.21. The fraction of sp³-hybridized carbons (Fsp3) is 0.560. The summed E-state index contributed by atoms with van der Waals surface area (Å²) in [7, 11) is 3.31. The Morgan fingerprint density at radius 1 is 1.25 bits per heavy atom. The minimum Gasteiger partial charge on any atom is -0.383 e. The van der Waals surface area contributed by atoms with Gasteiger partial charge in [0.2, 0.25) is 0 Å². The molecule has 2 fully saturated rings.